The lowest BCUT2D eigenvalue weighted by Gasteiger charge is -1.99. The number of benzene rings is 2. The number of halogens is 1. The van der Waals surface area contributed by atoms with Crippen LogP contribution in [0.2, 0.25) is 5.02 Å². The van der Waals surface area contributed by atoms with Gasteiger partial charge in [-0.3, -0.25) is 5.32 Å². The van der Waals surface area contributed by atoms with Crippen molar-refractivity contribution < 1.29 is 0 Å². The molecule has 2 heteroatoms. The first kappa shape index (κ1) is 9.88. The fraction of sp³-hybridized carbons (Fsp3) is 0.143. The Morgan fingerprint density at radius 3 is 2.25 bits per heavy atom. The Hall–Kier alpha value is -1.31. The van der Waals surface area contributed by atoms with Gasteiger partial charge in [0.2, 0.25) is 0 Å². The van der Waals surface area contributed by atoms with Gasteiger partial charge in [0.05, 0.1) is 12.1 Å². The molecule has 0 spiro atoms. The van der Waals surface area contributed by atoms with Gasteiger partial charge in [0, 0.05) is 5.02 Å². The summed E-state index contributed by atoms with van der Waals surface area (Å²) >= 11 is 5.98. The summed E-state index contributed by atoms with van der Waals surface area (Å²) in [7, 11) is 0. The highest BCUT2D eigenvalue weighted by Crippen LogP contribution is 2.42. The molecule has 0 aliphatic carbocycles. The van der Waals surface area contributed by atoms with E-state index in [1.165, 1.54) is 11.1 Å². The average Bonchev–Trinajstić information content (AvgIpc) is 3.10. The molecule has 0 bridgehead atoms. The SMILES string of the molecule is Clc1cccc([C@H]2N[C@@H]2c2ccccc2)c1. The second kappa shape index (κ2) is 3.93. The molecule has 0 saturated carbocycles. The highest BCUT2D eigenvalue weighted by Gasteiger charge is 2.38. The molecule has 1 saturated heterocycles. The molecular weight excluding hydrogens is 218 g/mol. The van der Waals surface area contributed by atoms with Crippen molar-refractivity contribution in [1.82, 2.24) is 5.32 Å². The minimum atomic E-state index is 0.418. The van der Waals surface area contributed by atoms with Crippen LogP contribution in [-0.2, 0) is 0 Å². The highest BCUT2D eigenvalue weighted by atomic mass is 35.5. The highest BCUT2D eigenvalue weighted by molar-refractivity contribution is 6.30. The molecule has 1 heterocycles. The van der Waals surface area contributed by atoms with Crippen molar-refractivity contribution >= 4 is 11.6 Å². The van der Waals surface area contributed by atoms with Crippen molar-refractivity contribution in [2.45, 2.75) is 12.1 Å². The van der Waals surface area contributed by atoms with Crippen LogP contribution in [0.1, 0.15) is 23.2 Å². The molecule has 0 aromatic heterocycles. The summed E-state index contributed by atoms with van der Waals surface area (Å²) in [4.78, 5) is 0. The molecule has 2 aromatic carbocycles. The van der Waals surface area contributed by atoms with Gasteiger partial charge in [-0.05, 0) is 23.3 Å². The Kier molecular flexibility index (Phi) is 2.43. The third-order valence-corrected chi connectivity index (χ3v) is 3.18. The summed E-state index contributed by atoms with van der Waals surface area (Å²) in [6, 6.07) is 19.4. The predicted octanol–water partition coefficient (Wildman–Crippen LogP) is 3.73. The molecule has 1 aliphatic rings. The maximum absolute atomic E-state index is 5.98. The van der Waals surface area contributed by atoms with Crippen molar-refractivity contribution in [3.63, 3.8) is 0 Å². The summed E-state index contributed by atoms with van der Waals surface area (Å²) in [6.07, 6.45) is 0. The monoisotopic (exact) mass is 229 g/mol. The standard InChI is InChI=1S/C14H12ClN/c15-12-8-4-7-11(9-12)14-13(16-14)10-5-2-1-3-6-10/h1-9,13-14,16H/t13-,14-/m1/s1. The maximum atomic E-state index is 5.98. The van der Waals surface area contributed by atoms with Crippen LogP contribution in [0.4, 0.5) is 0 Å². The number of rotatable bonds is 2. The number of hydrogen-bond acceptors (Lipinski definition) is 1. The molecular formula is C14H12ClN. The molecule has 0 amide bonds. The third kappa shape index (κ3) is 1.84. The first-order valence-electron chi connectivity index (χ1n) is 5.41. The number of hydrogen-bond donors (Lipinski definition) is 1. The van der Waals surface area contributed by atoms with Crippen molar-refractivity contribution in [1.29, 1.82) is 0 Å². The van der Waals surface area contributed by atoms with Gasteiger partial charge < -0.3 is 0 Å². The molecule has 1 N–H and O–H groups in total. The maximum Gasteiger partial charge on any atom is 0.0524 e. The molecule has 1 fully saturated rings. The molecule has 0 radical (unpaired) electrons. The zero-order valence-electron chi connectivity index (χ0n) is 8.73. The summed E-state index contributed by atoms with van der Waals surface area (Å²) in [6.45, 7) is 0. The lowest BCUT2D eigenvalue weighted by atomic mass is 10.0. The van der Waals surface area contributed by atoms with Crippen LogP contribution < -0.4 is 5.32 Å². The minimum absolute atomic E-state index is 0.418. The van der Waals surface area contributed by atoms with Crippen LogP contribution in [0, 0.1) is 0 Å². The molecule has 3 rings (SSSR count). The van der Waals surface area contributed by atoms with E-state index in [2.05, 4.69) is 35.6 Å². The average molecular weight is 230 g/mol. The van der Waals surface area contributed by atoms with E-state index in [-0.39, 0.29) is 0 Å². The van der Waals surface area contributed by atoms with Crippen LogP contribution in [0.3, 0.4) is 0 Å². The quantitative estimate of drug-likeness (QED) is 0.779. The molecule has 16 heavy (non-hydrogen) atoms. The van der Waals surface area contributed by atoms with E-state index in [1.54, 1.807) is 0 Å². The van der Waals surface area contributed by atoms with Crippen LogP contribution in [-0.4, -0.2) is 0 Å². The van der Waals surface area contributed by atoms with Gasteiger partial charge in [0.1, 0.15) is 0 Å². The van der Waals surface area contributed by atoms with E-state index in [1.807, 2.05) is 24.3 Å². The van der Waals surface area contributed by atoms with Crippen molar-refractivity contribution in [3.8, 4) is 0 Å². The van der Waals surface area contributed by atoms with Gasteiger partial charge in [0.15, 0.2) is 0 Å². The zero-order valence-corrected chi connectivity index (χ0v) is 9.48. The summed E-state index contributed by atoms with van der Waals surface area (Å²) in [5.41, 5.74) is 2.61. The first-order chi connectivity index (χ1) is 7.84. The Morgan fingerprint density at radius 2 is 1.50 bits per heavy atom. The largest absolute Gasteiger partial charge is 0.300 e. The van der Waals surface area contributed by atoms with Gasteiger partial charge in [-0.25, -0.2) is 0 Å². The molecule has 2 aromatic rings. The zero-order chi connectivity index (χ0) is 11.0. The smallest absolute Gasteiger partial charge is 0.0524 e. The summed E-state index contributed by atoms with van der Waals surface area (Å²) < 4.78 is 0. The van der Waals surface area contributed by atoms with E-state index in [0.29, 0.717) is 12.1 Å². The summed E-state index contributed by atoms with van der Waals surface area (Å²) in [5.74, 6) is 0. The second-order valence-corrected chi connectivity index (χ2v) is 4.52. The van der Waals surface area contributed by atoms with Gasteiger partial charge in [-0.2, -0.15) is 0 Å². The van der Waals surface area contributed by atoms with E-state index in [0.717, 1.165) is 5.02 Å². The molecule has 1 aliphatic heterocycles. The third-order valence-electron chi connectivity index (χ3n) is 2.95. The van der Waals surface area contributed by atoms with Crippen molar-refractivity contribution in [2.24, 2.45) is 0 Å². The lowest BCUT2D eigenvalue weighted by molar-refractivity contribution is 1.03. The number of nitrogens with one attached hydrogen (secondary N) is 1. The lowest BCUT2D eigenvalue weighted by Crippen LogP contribution is -1.83. The normalized spacial score (nSPS) is 23.1. The van der Waals surface area contributed by atoms with E-state index in [4.69, 9.17) is 11.6 Å². The van der Waals surface area contributed by atoms with Crippen molar-refractivity contribution in [2.75, 3.05) is 0 Å². The Balaban J connectivity index is 1.82. The Morgan fingerprint density at radius 1 is 0.812 bits per heavy atom. The van der Waals surface area contributed by atoms with Crippen LogP contribution in [0.5, 0.6) is 0 Å². The van der Waals surface area contributed by atoms with E-state index < -0.39 is 0 Å². The van der Waals surface area contributed by atoms with E-state index >= 15 is 0 Å². The fourth-order valence-corrected chi connectivity index (χ4v) is 2.27. The van der Waals surface area contributed by atoms with Crippen LogP contribution in [0.15, 0.2) is 54.6 Å². The van der Waals surface area contributed by atoms with Crippen LogP contribution >= 0.6 is 11.6 Å². The molecule has 2 atom stereocenters. The van der Waals surface area contributed by atoms with Gasteiger partial charge >= 0.3 is 0 Å². The van der Waals surface area contributed by atoms with Crippen LogP contribution in [0.25, 0.3) is 0 Å². The topological polar surface area (TPSA) is 21.9 Å². The second-order valence-electron chi connectivity index (χ2n) is 4.09. The van der Waals surface area contributed by atoms with Crippen molar-refractivity contribution in [3.05, 3.63) is 70.7 Å². The van der Waals surface area contributed by atoms with Gasteiger partial charge in [-0.1, -0.05) is 54.1 Å². The Bertz CT molecular complexity index is 495. The van der Waals surface area contributed by atoms with Gasteiger partial charge in [-0.15, -0.1) is 0 Å². The fourth-order valence-electron chi connectivity index (χ4n) is 2.08. The van der Waals surface area contributed by atoms with E-state index in [9.17, 15) is 0 Å². The summed E-state index contributed by atoms with van der Waals surface area (Å²) in [5, 5.41) is 4.27. The molecule has 1 nitrogen and oxygen atoms in total. The predicted molar refractivity (Wildman–Crippen MR) is 66.5 cm³/mol. The Labute approximate surface area is 100 Å². The minimum Gasteiger partial charge on any atom is -0.300 e. The first-order valence-corrected chi connectivity index (χ1v) is 5.79. The molecule has 80 valence electrons. The molecule has 0 unspecified atom stereocenters. The van der Waals surface area contributed by atoms with Gasteiger partial charge in [0.25, 0.3) is 0 Å².